The first-order chi connectivity index (χ1) is 9.11. The van der Waals surface area contributed by atoms with Crippen LogP contribution in [0.2, 0.25) is 10.0 Å². The Labute approximate surface area is 133 Å². The Morgan fingerprint density at radius 1 is 1.05 bits per heavy atom. The van der Waals surface area contributed by atoms with Crippen LogP contribution >= 0.6 is 39.1 Å². The lowest BCUT2D eigenvalue weighted by Gasteiger charge is -2.53. The summed E-state index contributed by atoms with van der Waals surface area (Å²) in [6.07, 6.45) is 9.46. The minimum atomic E-state index is 0.512. The molecule has 1 unspecified atom stereocenters. The predicted octanol–water partition coefficient (Wildman–Crippen LogP) is 6.28. The highest BCUT2D eigenvalue weighted by Crippen LogP contribution is 2.53. The van der Waals surface area contributed by atoms with Crippen molar-refractivity contribution >= 4 is 44.8 Å². The molecule has 1 atom stereocenters. The van der Waals surface area contributed by atoms with Gasteiger partial charge in [-0.25, -0.2) is 0 Å². The second kappa shape index (κ2) is 5.46. The molecule has 1 aromatic rings. The van der Waals surface area contributed by atoms with E-state index in [-0.39, 0.29) is 0 Å². The molecule has 3 rings (SSSR count). The van der Waals surface area contributed by atoms with Gasteiger partial charge in [0.05, 0.1) is 15.7 Å². The highest BCUT2D eigenvalue weighted by molar-refractivity contribution is 9.10. The monoisotopic (exact) mass is 361 g/mol. The third-order valence-corrected chi connectivity index (χ3v) is 5.90. The van der Waals surface area contributed by atoms with Crippen LogP contribution in [-0.2, 0) is 0 Å². The lowest BCUT2D eigenvalue weighted by atomic mass is 9.57. The van der Waals surface area contributed by atoms with Crippen molar-refractivity contribution < 1.29 is 0 Å². The Hall–Kier alpha value is 0.0800. The maximum absolute atomic E-state index is 6.31. The van der Waals surface area contributed by atoms with Crippen molar-refractivity contribution in [1.82, 2.24) is 0 Å². The minimum absolute atomic E-state index is 0.512. The van der Waals surface area contributed by atoms with Crippen LogP contribution in [0.5, 0.6) is 0 Å². The van der Waals surface area contributed by atoms with Crippen LogP contribution in [0.15, 0.2) is 16.6 Å². The predicted molar refractivity (Wildman–Crippen MR) is 86.3 cm³/mol. The second-order valence-corrected chi connectivity index (χ2v) is 7.63. The van der Waals surface area contributed by atoms with Crippen LogP contribution in [0.4, 0.5) is 5.69 Å². The van der Waals surface area contributed by atoms with E-state index < -0.39 is 0 Å². The maximum Gasteiger partial charge on any atom is 0.0722 e. The summed E-state index contributed by atoms with van der Waals surface area (Å²) >= 11 is 16.0. The molecule has 4 heteroatoms. The number of nitrogens with one attached hydrogen (secondary N) is 1. The van der Waals surface area contributed by atoms with Crippen LogP contribution in [0, 0.1) is 5.41 Å². The standard InChI is InChI=1S/C15H18BrCl2N/c16-10-8-11(17)14(12(18)9-10)19-13-4-7-15(13)5-2-1-3-6-15/h8-9,13,19H,1-7H2. The highest BCUT2D eigenvalue weighted by Gasteiger charge is 2.47. The van der Waals surface area contributed by atoms with Gasteiger partial charge in [-0.3, -0.25) is 0 Å². The summed E-state index contributed by atoms with van der Waals surface area (Å²) in [7, 11) is 0. The van der Waals surface area contributed by atoms with Gasteiger partial charge in [0.15, 0.2) is 0 Å². The van der Waals surface area contributed by atoms with Crippen LogP contribution in [0.25, 0.3) is 0 Å². The van der Waals surface area contributed by atoms with E-state index in [1.165, 1.54) is 44.9 Å². The van der Waals surface area contributed by atoms with Gasteiger partial charge in [-0.2, -0.15) is 0 Å². The first-order valence-corrected chi connectivity index (χ1v) is 8.57. The van der Waals surface area contributed by atoms with E-state index in [4.69, 9.17) is 23.2 Å². The fraction of sp³-hybridized carbons (Fsp3) is 0.600. The molecule has 0 aliphatic heterocycles. The molecule has 2 aliphatic rings. The topological polar surface area (TPSA) is 12.0 Å². The fourth-order valence-electron chi connectivity index (χ4n) is 3.63. The fourth-order valence-corrected chi connectivity index (χ4v) is 4.95. The van der Waals surface area contributed by atoms with Gasteiger partial charge in [0, 0.05) is 10.5 Å². The van der Waals surface area contributed by atoms with Crippen LogP contribution in [-0.4, -0.2) is 6.04 Å². The SMILES string of the molecule is Clc1cc(Br)cc(Cl)c1NC1CCC12CCCCC2. The van der Waals surface area contributed by atoms with E-state index in [2.05, 4.69) is 21.2 Å². The summed E-state index contributed by atoms with van der Waals surface area (Å²) < 4.78 is 0.925. The van der Waals surface area contributed by atoms with Gasteiger partial charge in [-0.1, -0.05) is 58.4 Å². The Balaban J connectivity index is 1.79. The molecule has 0 saturated heterocycles. The van der Waals surface area contributed by atoms with Crippen molar-refractivity contribution in [1.29, 1.82) is 0 Å². The van der Waals surface area contributed by atoms with E-state index in [0.29, 0.717) is 21.5 Å². The molecule has 1 N–H and O–H groups in total. The van der Waals surface area contributed by atoms with Crippen molar-refractivity contribution in [2.75, 3.05) is 5.32 Å². The number of anilines is 1. The average molecular weight is 363 g/mol. The molecule has 1 nitrogen and oxygen atoms in total. The summed E-state index contributed by atoms with van der Waals surface area (Å²) in [5.74, 6) is 0. The van der Waals surface area contributed by atoms with Crippen molar-refractivity contribution in [2.45, 2.75) is 51.0 Å². The van der Waals surface area contributed by atoms with Crippen molar-refractivity contribution in [3.05, 3.63) is 26.7 Å². The van der Waals surface area contributed by atoms with Crippen molar-refractivity contribution in [2.24, 2.45) is 5.41 Å². The summed E-state index contributed by atoms with van der Waals surface area (Å²) in [6.45, 7) is 0. The van der Waals surface area contributed by atoms with E-state index in [9.17, 15) is 0 Å². The first-order valence-electron chi connectivity index (χ1n) is 7.02. The molecule has 2 fully saturated rings. The largest absolute Gasteiger partial charge is 0.379 e. The Morgan fingerprint density at radius 2 is 1.68 bits per heavy atom. The lowest BCUT2D eigenvalue weighted by molar-refractivity contribution is 0.0571. The number of benzene rings is 1. The molecule has 0 aromatic heterocycles. The summed E-state index contributed by atoms with van der Waals surface area (Å²) in [6, 6.07) is 4.35. The van der Waals surface area contributed by atoms with Gasteiger partial charge in [0.25, 0.3) is 0 Å². The van der Waals surface area contributed by atoms with Crippen LogP contribution < -0.4 is 5.32 Å². The van der Waals surface area contributed by atoms with Crippen molar-refractivity contribution in [3.63, 3.8) is 0 Å². The number of rotatable bonds is 2. The van der Waals surface area contributed by atoms with Gasteiger partial charge >= 0.3 is 0 Å². The zero-order valence-corrected chi connectivity index (χ0v) is 13.9. The number of hydrogen-bond donors (Lipinski definition) is 1. The van der Waals surface area contributed by atoms with Gasteiger partial charge in [-0.15, -0.1) is 0 Å². The summed E-state index contributed by atoms with van der Waals surface area (Å²) in [5.41, 5.74) is 1.42. The minimum Gasteiger partial charge on any atom is -0.379 e. The van der Waals surface area contributed by atoms with Gasteiger partial charge in [0.2, 0.25) is 0 Å². The van der Waals surface area contributed by atoms with Gasteiger partial charge in [0.1, 0.15) is 0 Å². The zero-order valence-electron chi connectivity index (χ0n) is 10.8. The molecule has 0 radical (unpaired) electrons. The lowest BCUT2D eigenvalue weighted by Crippen LogP contribution is -2.50. The van der Waals surface area contributed by atoms with E-state index >= 15 is 0 Å². The molecule has 1 spiro atoms. The highest BCUT2D eigenvalue weighted by atomic mass is 79.9. The second-order valence-electron chi connectivity index (χ2n) is 5.90. The van der Waals surface area contributed by atoms with Crippen LogP contribution in [0.3, 0.4) is 0 Å². The van der Waals surface area contributed by atoms with E-state index in [1.54, 1.807) is 0 Å². The third-order valence-electron chi connectivity index (χ3n) is 4.84. The van der Waals surface area contributed by atoms with Gasteiger partial charge in [-0.05, 0) is 43.2 Å². The molecule has 2 saturated carbocycles. The third kappa shape index (κ3) is 2.64. The molecule has 19 heavy (non-hydrogen) atoms. The zero-order chi connectivity index (χ0) is 13.5. The molecular weight excluding hydrogens is 345 g/mol. The summed E-state index contributed by atoms with van der Waals surface area (Å²) in [5, 5.41) is 5.03. The molecule has 1 aromatic carbocycles. The number of halogens is 3. The molecule has 0 bridgehead atoms. The molecule has 0 amide bonds. The molecule has 2 aliphatic carbocycles. The molecule has 104 valence electrons. The average Bonchev–Trinajstić information content (AvgIpc) is 2.37. The Kier molecular flexibility index (Phi) is 4.03. The van der Waals surface area contributed by atoms with E-state index in [1.807, 2.05) is 12.1 Å². The van der Waals surface area contributed by atoms with Crippen molar-refractivity contribution in [3.8, 4) is 0 Å². The quantitative estimate of drug-likeness (QED) is 0.652. The van der Waals surface area contributed by atoms with Gasteiger partial charge < -0.3 is 5.32 Å². The maximum atomic E-state index is 6.31. The van der Waals surface area contributed by atoms with E-state index in [0.717, 1.165) is 10.2 Å². The Morgan fingerprint density at radius 3 is 2.21 bits per heavy atom. The normalized spacial score (nSPS) is 25.1. The summed E-state index contributed by atoms with van der Waals surface area (Å²) in [4.78, 5) is 0. The Bertz CT molecular complexity index is 460. The molecule has 0 heterocycles. The van der Waals surface area contributed by atoms with Crippen LogP contribution in [0.1, 0.15) is 44.9 Å². The smallest absolute Gasteiger partial charge is 0.0722 e. The molecular formula is C15H18BrCl2N. The number of hydrogen-bond acceptors (Lipinski definition) is 1. The first kappa shape index (κ1) is 14.0.